The second-order valence-corrected chi connectivity index (χ2v) is 2.95. The van der Waals surface area contributed by atoms with Crippen LogP contribution in [0.25, 0.3) is 0 Å². The summed E-state index contributed by atoms with van der Waals surface area (Å²) in [6.45, 7) is 0. The standard InChI is InChI=1S/C6H6BrN3O2/c7-3-1-2(6(11)12)4(8)10-5(3)9/h1H,(H,11,12)(H4,8,9,10). The molecule has 64 valence electrons. The van der Waals surface area contributed by atoms with Crippen molar-refractivity contribution in [2.75, 3.05) is 11.5 Å². The number of halogens is 1. The molecule has 5 N–H and O–H groups in total. The Kier molecular flexibility index (Phi) is 2.18. The Morgan fingerprint density at radius 3 is 2.58 bits per heavy atom. The summed E-state index contributed by atoms with van der Waals surface area (Å²) >= 11 is 3.04. The van der Waals surface area contributed by atoms with Crippen LogP contribution in [0, 0.1) is 0 Å². The minimum Gasteiger partial charge on any atom is -0.478 e. The summed E-state index contributed by atoms with van der Waals surface area (Å²) in [6, 6.07) is 1.32. The lowest BCUT2D eigenvalue weighted by atomic mass is 10.2. The normalized spacial score (nSPS) is 9.75. The molecule has 1 rings (SSSR count). The van der Waals surface area contributed by atoms with Crippen LogP contribution in [0.3, 0.4) is 0 Å². The van der Waals surface area contributed by atoms with Crippen LogP contribution in [-0.2, 0) is 0 Å². The Morgan fingerprint density at radius 2 is 2.08 bits per heavy atom. The summed E-state index contributed by atoms with van der Waals surface area (Å²) in [5.41, 5.74) is 10.6. The zero-order chi connectivity index (χ0) is 9.30. The molecular formula is C6H6BrN3O2. The SMILES string of the molecule is Nc1nc(N)c(C(=O)O)cc1Br. The van der Waals surface area contributed by atoms with E-state index < -0.39 is 5.97 Å². The van der Waals surface area contributed by atoms with Gasteiger partial charge in [0, 0.05) is 0 Å². The molecule has 0 aliphatic carbocycles. The lowest BCUT2D eigenvalue weighted by Gasteiger charge is -2.02. The molecule has 0 atom stereocenters. The zero-order valence-electron chi connectivity index (χ0n) is 5.91. The first-order valence-electron chi connectivity index (χ1n) is 2.97. The minimum atomic E-state index is -1.12. The molecule has 6 heteroatoms. The van der Waals surface area contributed by atoms with Crippen molar-refractivity contribution in [2.24, 2.45) is 0 Å². The fourth-order valence-electron chi connectivity index (χ4n) is 0.689. The Morgan fingerprint density at radius 1 is 1.50 bits per heavy atom. The molecule has 1 aromatic heterocycles. The van der Waals surface area contributed by atoms with E-state index in [2.05, 4.69) is 20.9 Å². The smallest absolute Gasteiger partial charge is 0.339 e. The van der Waals surface area contributed by atoms with Gasteiger partial charge in [-0.05, 0) is 22.0 Å². The van der Waals surface area contributed by atoms with Crippen molar-refractivity contribution in [3.05, 3.63) is 16.1 Å². The van der Waals surface area contributed by atoms with Crippen LogP contribution < -0.4 is 11.5 Å². The van der Waals surface area contributed by atoms with E-state index in [4.69, 9.17) is 16.6 Å². The molecule has 0 bridgehead atoms. The van der Waals surface area contributed by atoms with Gasteiger partial charge in [0.25, 0.3) is 0 Å². The van der Waals surface area contributed by atoms with Gasteiger partial charge in [0.15, 0.2) is 0 Å². The average molecular weight is 232 g/mol. The molecule has 0 spiro atoms. The molecule has 0 unspecified atom stereocenters. The van der Waals surface area contributed by atoms with Crippen LogP contribution in [0.4, 0.5) is 11.6 Å². The number of nitrogens with two attached hydrogens (primary N) is 2. The first-order chi connectivity index (χ1) is 5.52. The second kappa shape index (κ2) is 2.98. The first-order valence-corrected chi connectivity index (χ1v) is 3.76. The maximum Gasteiger partial charge on any atom is 0.339 e. The highest BCUT2D eigenvalue weighted by Crippen LogP contribution is 2.21. The third-order valence-electron chi connectivity index (χ3n) is 1.26. The molecular weight excluding hydrogens is 226 g/mol. The maximum absolute atomic E-state index is 10.5. The fourth-order valence-corrected chi connectivity index (χ4v) is 1.01. The minimum absolute atomic E-state index is 0.0592. The van der Waals surface area contributed by atoms with Gasteiger partial charge < -0.3 is 16.6 Å². The highest BCUT2D eigenvalue weighted by molar-refractivity contribution is 9.10. The van der Waals surface area contributed by atoms with E-state index in [0.29, 0.717) is 4.47 Å². The van der Waals surface area contributed by atoms with Crippen molar-refractivity contribution in [2.45, 2.75) is 0 Å². The first kappa shape index (κ1) is 8.79. The van der Waals surface area contributed by atoms with E-state index in [1.165, 1.54) is 6.07 Å². The van der Waals surface area contributed by atoms with E-state index in [1.54, 1.807) is 0 Å². The number of pyridine rings is 1. The molecule has 1 heterocycles. The summed E-state index contributed by atoms with van der Waals surface area (Å²) in [7, 11) is 0. The van der Waals surface area contributed by atoms with Crippen molar-refractivity contribution < 1.29 is 9.90 Å². The van der Waals surface area contributed by atoms with Crippen LogP contribution in [0.1, 0.15) is 10.4 Å². The number of aromatic carboxylic acids is 1. The number of nitrogens with zero attached hydrogens (tertiary/aromatic N) is 1. The molecule has 0 saturated carbocycles. The average Bonchev–Trinajstić information content (AvgIpc) is 1.96. The number of carboxylic acid groups (broad SMARTS) is 1. The maximum atomic E-state index is 10.5. The summed E-state index contributed by atoms with van der Waals surface area (Å²) in [5.74, 6) is -1.03. The number of carbonyl (C=O) groups is 1. The van der Waals surface area contributed by atoms with E-state index >= 15 is 0 Å². The van der Waals surface area contributed by atoms with Crippen LogP contribution in [-0.4, -0.2) is 16.1 Å². The number of hydrogen-bond acceptors (Lipinski definition) is 4. The van der Waals surface area contributed by atoms with Gasteiger partial charge in [0.05, 0.1) is 4.47 Å². The summed E-state index contributed by atoms with van der Waals surface area (Å²) in [5, 5.41) is 8.60. The van der Waals surface area contributed by atoms with Crippen molar-refractivity contribution in [1.82, 2.24) is 4.98 Å². The molecule has 5 nitrogen and oxygen atoms in total. The molecule has 0 aliphatic rings. The van der Waals surface area contributed by atoms with E-state index in [0.717, 1.165) is 0 Å². The van der Waals surface area contributed by atoms with E-state index in [-0.39, 0.29) is 17.2 Å². The van der Waals surface area contributed by atoms with Crippen LogP contribution in [0.5, 0.6) is 0 Å². The Labute approximate surface area is 76.5 Å². The number of hydrogen-bond donors (Lipinski definition) is 3. The van der Waals surface area contributed by atoms with Crippen molar-refractivity contribution in [1.29, 1.82) is 0 Å². The third kappa shape index (κ3) is 1.48. The third-order valence-corrected chi connectivity index (χ3v) is 1.90. The summed E-state index contributed by atoms with van der Waals surface area (Å²) in [4.78, 5) is 14.1. The van der Waals surface area contributed by atoms with Crippen LogP contribution >= 0.6 is 15.9 Å². The number of aromatic nitrogens is 1. The topological polar surface area (TPSA) is 102 Å². The van der Waals surface area contributed by atoms with Gasteiger partial charge in [-0.25, -0.2) is 9.78 Å². The van der Waals surface area contributed by atoms with Crippen molar-refractivity contribution in [3.63, 3.8) is 0 Å². The lowest BCUT2D eigenvalue weighted by molar-refractivity contribution is 0.0697. The molecule has 0 fully saturated rings. The summed E-state index contributed by atoms with van der Waals surface area (Å²) < 4.78 is 0.425. The molecule has 0 radical (unpaired) electrons. The van der Waals surface area contributed by atoms with Gasteiger partial charge in [0.2, 0.25) is 0 Å². The molecule has 0 aliphatic heterocycles. The predicted octanol–water partition coefficient (Wildman–Crippen LogP) is 0.707. The van der Waals surface area contributed by atoms with Gasteiger partial charge >= 0.3 is 5.97 Å². The molecule has 0 saturated heterocycles. The Bertz CT molecular complexity index is 340. The van der Waals surface area contributed by atoms with Crippen LogP contribution in [0.2, 0.25) is 0 Å². The number of rotatable bonds is 1. The van der Waals surface area contributed by atoms with E-state index in [1.807, 2.05) is 0 Å². The monoisotopic (exact) mass is 231 g/mol. The quantitative estimate of drug-likeness (QED) is 0.661. The predicted molar refractivity (Wildman–Crippen MR) is 47.7 cm³/mol. The van der Waals surface area contributed by atoms with Gasteiger partial charge in [-0.15, -0.1) is 0 Å². The van der Waals surface area contributed by atoms with Gasteiger partial charge in [-0.2, -0.15) is 0 Å². The fraction of sp³-hybridized carbons (Fsp3) is 0. The Hall–Kier alpha value is -1.30. The van der Waals surface area contributed by atoms with Gasteiger partial charge in [-0.3, -0.25) is 0 Å². The molecule has 0 aromatic carbocycles. The lowest BCUT2D eigenvalue weighted by Crippen LogP contribution is -2.06. The van der Waals surface area contributed by atoms with Crippen LogP contribution in [0.15, 0.2) is 10.5 Å². The number of nitrogen functional groups attached to an aromatic ring is 2. The molecule has 0 amide bonds. The number of carboxylic acids is 1. The van der Waals surface area contributed by atoms with Gasteiger partial charge in [0.1, 0.15) is 17.2 Å². The number of anilines is 2. The summed E-state index contributed by atoms with van der Waals surface area (Å²) in [6.07, 6.45) is 0. The Balaban J connectivity index is 3.33. The van der Waals surface area contributed by atoms with Crippen molar-refractivity contribution in [3.8, 4) is 0 Å². The molecule has 12 heavy (non-hydrogen) atoms. The highest BCUT2D eigenvalue weighted by Gasteiger charge is 2.11. The zero-order valence-corrected chi connectivity index (χ0v) is 7.50. The van der Waals surface area contributed by atoms with Gasteiger partial charge in [-0.1, -0.05) is 0 Å². The van der Waals surface area contributed by atoms with E-state index in [9.17, 15) is 4.79 Å². The molecule has 1 aromatic rings. The largest absolute Gasteiger partial charge is 0.478 e. The highest BCUT2D eigenvalue weighted by atomic mass is 79.9. The second-order valence-electron chi connectivity index (χ2n) is 2.09. The van der Waals surface area contributed by atoms with Crippen molar-refractivity contribution >= 4 is 33.5 Å².